The molecule has 12 heavy (non-hydrogen) atoms. The SMILES string of the molecule is CCO.c1ccccsccc1. The maximum atomic E-state index is 7.57. The molecule has 0 saturated carbocycles. The molecule has 0 unspecified atom stereocenters. The predicted octanol–water partition coefficient (Wildman–Crippen LogP) is 2.87. The summed E-state index contributed by atoms with van der Waals surface area (Å²) in [5.41, 5.74) is 0. The van der Waals surface area contributed by atoms with Gasteiger partial charge in [0.15, 0.2) is 0 Å². The van der Waals surface area contributed by atoms with Gasteiger partial charge >= 0.3 is 0 Å². The van der Waals surface area contributed by atoms with Gasteiger partial charge in [-0.3, -0.25) is 0 Å². The Hall–Kier alpha value is -0.860. The lowest BCUT2D eigenvalue weighted by Crippen LogP contribution is -1.57. The Morgan fingerprint density at radius 2 is 1.25 bits per heavy atom. The summed E-state index contributed by atoms with van der Waals surface area (Å²) < 4.78 is 0. The van der Waals surface area contributed by atoms with Crippen molar-refractivity contribution >= 4 is 11.3 Å². The van der Waals surface area contributed by atoms with Crippen molar-refractivity contribution in [2.24, 2.45) is 0 Å². The minimum absolute atomic E-state index is 0.250. The van der Waals surface area contributed by atoms with Crippen molar-refractivity contribution in [1.82, 2.24) is 0 Å². The molecule has 1 heterocycles. The van der Waals surface area contributed by atoms with Gasteiger partial charge in [0.1, 0.15) is 0 Å². The molecule has 1 N–H and O–H groups in total. The summed E-state index contributed by atoms with van der Waals surface area (Å²) in [5, 5.41) is 11.7. The summed E-state index contributed by atoms with van der Waals surface area (Å²) >= 11 is 1.68. The number of hydrogen-bond acceptors (Lipinski definition) is 2. The standard InChI is InChI=1S/C8H8S.C2H6O/c1-2-4-6-8-9-7-5-3-1;1-2-3/h1-8H;3H,2H2,1H3. The van der Waals surface area contributed by atoms with Gasteiger partial charge in [-0.25, -0.2) is 0 Å². The molecule has 0 amide bonds. The molecule has 0 aromatic carbocycles. The quantitative estimate of drug-likeness (QED) is 0.654. The van der Waals surface area contributed by atoms with E-state index in [1.54, 1.807) is 18.3 Å². The minimum Gasteiger partial charge on any atom is -0.397 e. The maximum absolute atomic E-state index is 7.57. The van der Waals surface area contributed by atoms with Crippen molar-refractivity contribution in [3.05, 3.63) is 47.2 Å². The van der Waals surface area contributed by atoms with Gasteiger partial charge in [-0.2, -0.15) is 11.3 Å². The zero-order chi connectivity index (χ0) is 9.07. The smallest absolute Gasteiger partial charge is 0.0402 e. The molecule has 0 bridgehead atoms. The predicted molar refractivity (Wildman–Crippen MR) is 54.7 cm³/mol. The normalized spacial score (nSPS) is 7.50. The largest absolute Gasteiger partial charge is 0.397 e. The van der Waals surface area contributed by atoms with Crippen LogP contribution in [0.25, 0.3) is 0 Å². The van der Waals surface area contributed by atoms with E-state index in [1.807, 2.05) is 47.2 Å². The second-order valence-electron chi connectivity index (χ2n) is 1.88. The molecular weight excluding hydrogens is 168 g/mol. The van der Waals surface area contributed by atoms with E-state index in [-0.39, 0.29) is 6.61 Å². The first-order valence-corrected chi connectivity index (χ1v) is 4.77. The van der Waals surface area contributed by atoms with Crippen LogP contribution in [0.3, 0.4) is 0 Å². The summed E-state index contributed by atoms with van der Waals surface area (Å²) in [4.78, 5) is 0. The third-order valence-electron chi connectivity index (χ3n) is 0.870. The summed E-state index contributed by atoms with van der Waals surface area (Å²) in [6, 6.07) is 12.1. The van der Waals surface area contributed by atoms with Crippen LogP contribution >= 0.6 is 11.3 Å². The van der Waals surface area contributed by atoms with E-state index in [4.69, 9.17) is 5.11 Å². The second-order valence-corrected chi connectivity index (χ2v) is 2.70. The Morgan fingerprint density at radius 1 is 0.917 bits per heavy atom. The van der Waals surface area contributed by atoms with Crippen molar-refractivity contribution in [2.45, 2.75) is 6.92 Å². The molecule has 2 heteroatoms. The fourth-order valence-electron chi connectivity index (χ4n) is 0.483. The second kappa shape index (κ2) is 10.1. The highest BCUT2D eigenvalue weighted by Crippen LogP contribution is 1.88. The van der Waals surface area contributed by atoms with E-state index in [0.717, 1.165) is 0 Å². The van der Waals surface area contributed by atoms with E-state index in [1.165, 1.54) is 0 Å². The van der Waals surface area contributed by atoms with Gasteiger partial charge in [-0.05, 0) is 17.7 Å². The summed E-state index contributed by atoms with van der Waals surface area (Å²) in [5.74, 6) is 0. The van der Waals surface area contributed by atoms with E-state index in [0.29, 0.717) is 0 Å². The average molecular weight is 182 g/mol. The van der Waals surface area contributed by atoms with Crippen LogP contribution in [0, 0.1) is 0 Å². The van der Waals surface area contributed by atoms with Crippen LogP contribution in [0.2, 0.25) is 0 Å². The Balaban J connectivity index is 0.000000354. The molecular formula is C10H14OS. The van der Waals surface area contributed by atoms with E-state index < -0.39 is 0 Å². The molecule has 0 atom stereocenters. The average Bonchev–Trinajstić information content (AvgIpc) is 2.19. The van der Waals surface area contributed by atoms with Crippen molar-refractivity contribution in [3.8, 4) is 0 Å². The number of aliphatic hydroxyl groups excluding tert-OH is 1. The first kappa shape index (κ1) is 11.1. The highest BCUT2D eigenvalue weighted by atomic mass is 32.1. The highest BCUT2D eigenvalue weighted by Gasteiger charge is 1.58. The fraction of sp³-hybridized carbons (Fsp3) is 0.200. The Labute approximate surface area is 77.6 Å². The van der Waals surface area contributed by atoms with Crippen LogP contribution in [-0.4, -0.2) is 11.7 Å². The molecule has 0 aliphatic rings. The Bertz CT molecular complexity index is 144. The zero-order valence-corrected chi connectivity index (χ0v) is 8.00. The van der Waals surface area contributed by atoms with Gasteiger partial charge in [-0.1, -0.05) is 36.4 Å². The van der Waals surface area contributed by atoms with Crippen molar-refractivity contribution in [1.29, 1.82) is 0 Å². The van der Waals surface area contributed by atoms with E-state index >= 15 is 0 Å². The molecule has 0 saturated heterocycles. The van der Waals surface area contributed by atoms with Gasteiger partial charge in [0.25, 0.3) is 0 Å². The highest BCUT2D eigenvalue weighted by molar-refractivity contribution is 7.07. The number of aliphatic hydroxyl groups is 1. The van der Waals surface area contributed by atoms with Crippen LogP contribution < -0.4 is 0 Å². The Kier molecular flexibility index (Phi) is 9.41. The molecule has 0 radical (unpaired) electrons. The first-order valence-electron chi connectivity index (χ1n) is 3.83. The van der Waals surface area contributed by atoms with Gasteiger partial charge in [0, 0.05) is 6.61 Å². The number of hydrogen-bond donors (Lipinski definition) is 1. The van der Waals surface area contributed by atoms with Crippen LogP contribution in [0.5, 0.6) is 0 Å². The molecule has 1 nitrogen and oxygen atoms in total. The molecule has 1 aromatic rings. The third kappa shape index (κ3) is 9.14. The summed E-state index contributed by atoms with van der Waals surface area (Å²) in [6.45, 7) is 1.93. The van der Waals surface area contributed by atoms with Gasteiger partial charge < -0.3 is 5.11 Å². The van der Waals surface area contributed by atoms with Crippen LogP contribution in [0.4, 0.5) is 0 Å². The third-order valence-corrected chi connectivity index (χ3v) is 1.50. The van der Waals surface area contributed by atoms with Crippen LogP contribution in [0.1, 0.15) is 6.92 Å². The van der Waals surface area contributed by atoms with Gasteiger partial charge in [0.05, 0.1) is 0 Å². The lowest BCUT2D eigenvalue weighted by atomic mass is 10.5. The van der Waals surface area contributed by atoms with Crippen LogP contribution in [-0.2, 0) is 0 Å². The lowest BCUT2D eigenvalue weighted by Gasteiger charge is -1.59. The van der Waals surface area contributed by atoms with Crippen molar-refractivity contribution in [3.63, 3.8) is 0 Å². The summed E-state index contributed by atoms with van der Waals surface area (Å²) in [7, 11) is 0. The molecule has 0 fully saturated rings. The van der Waals surface area contributed by atoms with Crippen molar-refractivity contribution < 1.29 is 5.11 Å². The zero-order valence-electron chi connectivity index (χ0n) is 7.18. The Morgan fingerprint density at radius 3 is 1.67 bits per heavy atom. The monoisotopic (exact) mass is 182 g/mol. The van der Waals surface area contributed by atoms with E-state index in [2.05, 4.69) is 0 Å². The first-order chi connectivity index (χ1) is 5.91. The molecule has 66 valence electrons. The minimum atomic E-state index is 0.250. The van der Waals surface area contributed by atoms with Crippen molar-refractivity contribution in [2.75, 3.05) is 6.61 Å². The topological polar surface area (TPSA) is 20.2 Å². The van der Waals surface area contributed by atoms with Gasteiger partial charge in [0.2, 0.25) is 0 Å². The fourth-order valence-corrected chi connectivity index (χ4v) is 0.937. The molecule has 0 aliphatic heterocycles. The molecule has 1 rings (SSSR count). The molecule has 0 spiro atoms. The van der Waals surface area contributed by atoms with Crippen LogP contribution in [0.15, 0.2) is 47.2 Å². The van der Waals surface area contributed by atoms with Gasteiger partial charge in [-0.15, -0.1) is 0 Å². The molecule has 0 aliphatic carbocycles. The summed E-state index contributed by atoms with van der Waals surface area (Å²) in [6.07, 6.45) is 0. The molecule has 1 aromatic heterocycles. The maximum Gasteiger partial charge on any atom is 0.0402 e. The number of rotatable bonds is 0. The lowest BCUT2D eigenvalue weighted by molar-refractivity contribution is 0.318. The van der Waals surface area contributed by atoms with E-state index in [9.17, 15) is 0 Å².